The Hall–Kier alpha value is -1.88. The average Bonchev–Trinajstić information content (AvgIpc) is 2.45. The summed E-state index contributed by atoms with van der Waals surface area (Å²) in [5.41, 5.74) is 0.986. The van der Waals surface area contributed by atoms with Crippen LogP contribution in [0.2, 0.25) is 0 Å². The molecule has 0 aliphatic carbocycles. The second-order valence-electron chi connectivity index (χ2n) is 5.58. The van der Waals surface area contributed by atoms with Crippen molar-refractivity contribution >= 4 is 11.9 Å². The van der Waals surface area contributed by atoms with E-state index >= 15 is 0 Å². The third kappa shape index (κ3) is 6.40. The fourth-order valence-electron chi connectivity index (χ4n) is 1.71. The van der Waals surface area contributed by atoms with Crippen molar-refractivity contribution in [3.05, 3.63) is 35.9 Å². The summed E-state index contributed by atoms with van der Waals surface area (Å²) in [5, 5.41) is 8.17. The monoisotopic (exact) mass is 291 g/mol. The quantitative estimate of drug-likeness (QED) is 0.751. The van der Waals surface area contributed by atoms with Gasteiger partial charge in [-0.3, -0.25) is 10.1 Å². The van der Waals surface area contributed by atoms with Crippen LogP contribution in [-0.2, 0) is 11.3 Å². The van der Waals surface area contributed by atoms with Gasteiger partial charge in [-0.15, -0.1) is 0 Å². The van der Waals surface area contributed by atoms with Crippen LogP contribution >= 0.6 is 0 Å². The highest BCUT2D eigenvalue weighted by atomic mass is 16.2. The SMILES string of the molecule is CC(C)[C@H](C)N[C@@H](C)C(=O)NC(=O)NCc1ccccc1. The first-order valence-corrected chi connectivity index (χ1v) is 7.28. The van der Waals surface area contributed by atoms with Crippen molar-refractivity contribution in [2.45, 2.75) is 46.3 Å². The van der Waals surface area contributed by atoms with Crippen LogP contribution in [0, 0.1) is 5.92 Å². The van der Waals surface area contributed by atoms with Crippen LogP contribution in [0.4, 0.5) is 4.79 Å². The van der Waals surface area contributed by atoms with Crippen molar-refractivity contribution in [3.63, 3.8) is 0 Å². The first kappa shape index (κ1) is 17.2. The van der Waals surface area contributed by atoms with Gasteiger partial charge in [-0.1, -0.05) is 44.2 Å². The molecule has 2 atom stereocenters. The number of hydrogen-bond donors (Lipinski definition) is 3. The van der Waals surface area contributed by atoms with Gasteiger partial charge in [0.25, 0.3) is 0 Å². The molecule has 1 aromatic carbocycles. The van der Waals surface area contributed by atoms with E-state index in [4.69, 9.17) is 0 Å². The summed E-state index contributed by atoms with van der Waals surface area (Å²) >= 11 is 0. The van der Waals surface area contributed by atoms with Crippen molar-refractivity contribution < 1.29 is 9.59 Å². The minimum atomic E-state index is -0.477. The van der Waals surface area contributed by atoms with Crippen molar-refractivity contribution in [1.29, 1.82) is 0 Å². The van der Waals surface area contributed by atoms with Crippen molar-refractivity contribution in [2.24, 2.45) is 5.92 Å². The van der Waals surface area contributed by atoms with Gasteiger partial charge >= 0.3 is 6.03 Å². The summed E-state index contributed by atoms with van der Waals surface area (Å²) in [6.07, 6.45) is 0. The number of carbonyl (C=O) groups excluding carboxylic acids is 2. The van der Waals surface area contributed by atoms with E-state index in [9.17, 15) is 9.59 Å². The predicted octanol–water partition coefficient (Wildman–Crippen LogP) is 2.03. The number of hydrogen-bond acceptors (Lipinski definition) is 3. The van der Waals surface area contributed by atoms with E-state index in [0.717, 1.165) is 5.56 Å². The molecule has 0 saturated heterocycles. The molecule has 5 heteroatoms. The largest absolute Gasteiger partial charge is 0.334 e. The highest BCUT2D eigenvalue weighted by Gasteiger charge is 2.18. The first-order chi connectivity index (χ1) is 9.90. The fraction of sp³-hybridized carbons (Fsp3) is 0.500. The number of urea groups is 1. The zero-order valence-electron chi connectivity index (χ0n) is 13.1. The lowest BCUT2D eigenvalue weighted by molar-refractivity contribution is -0.121. The third-order valence-corrected chi connectivity index (χ3v) is 3.44. The molecule has 0 fully saturated rings. The maximum absolute atomic E-state index is 11.9. The predicted molar refractivity (Wildman–Crippen MR) is 83.7 cm³/mol. The van der Waals surface area contributed by atoms with Crippen LogP contribution < -0.4 is 16.0 Å². The Balaban J connectivity index is 2.35. The molecule has 116 valence electrons. The highest BCUT2D eigenvalue weighted by Crippen LogP contribution is 2.01. The molecule has 0 bridgehead atoms. The van der Waals surface area contributed by atoms with Crippen molar-refractivity contribution in [3.8, 4) is 0 Å². The molecule has 0 aliphatic heterocycles. The summed E-state index contributed by atoms with van der Waals surface area (Å²) < 4.78 is 0. The lowest BCUT2D eigenvalue weighted by Crippen LogP contribution is -2.50. The minimum Gasteiger partial charge on any atom is -0.334 e. The topological polar surface area (TPSA) is 70.2 Å². The molecule has 0 aliphatic rings. The van der Waals surface area contributed by atoms with Gasteiger partial charge in [-0.05, 0) is 25.3 Å². The van der Waals surface area contributed by atoms with Crippen molar-refractivity contribution in [2.75, 3.05) is 0 Å². The van der Waals surface area contributed by atoms with E-state index < -0.39 is 12.1 Å². The summed E-state index contributed by atoms with van der Waals surface area (Å²) in [7, 11) is 0. The van der Waals surface area contributed by atoms with E-state index in [-0.39, 0.29) is 11.9 Å². The van der Waals surface area contributed by atoms with Gasteiger partial charge in [0, 0.05) is 12.6 Å². The Morgan fingerprint density at radius 2 is 1.67 bits per heavy atom. The van der Waals surface area contributed by atoms with Gasteiger partial charge in [-0.25, -0.2) is 4.79 Å². The van der Waals surface area contributed by atoms with Crippen LogP contribution in [0.1, 0.15) is 33.3 Å². The van der Waals surface area contributed by atoms with Crippen LogP contribution in [0.25, 0.3) is 0 Å². The molecular formula is C16H25N3O2. The Morgan fingerprint density at radius 1 is 1.05 bits per heavy atom. The highest BCUT2D eigenvalue weighted by molar-refractivity contribution is 5.96. The Labute approximate surface area is 126 Å². The maximum atomic E-state index is 11.9. The lowest BCUT2D eigenvalue weighted by atomic mass is 10.1. The molecule has 0 heterocycles. The molecule has 0 radical (unpaired) electrons. The van der Waals surface area contributed by atoms with E-state index in [1.807, 2.05) is 37.3 Å². The van der Waals surface area contributed by atoms with Crippen molar-refractivity contribution in [1.82, 2.24) is 16.0 Å². The van der Waals surface area contributed by atoms with Gasteiger partial charge in [0.05, 0.1) is 6.04 Å². The van der Waals surface area contributed by atoms with Gasteiger partial charge < -0.3 is 10.6 Å². The zero-order chi connectivity index (χ0) is 15.8. The van der Waals surface area contributed by atoms with Gasteiger partial charge in [0.15, 0.2) is 0 Å². The fourth-order valence-corrected chi connectivity index (χ4v) is 1.71. The Morgan fingerprint density at radius 3 is 2.24 bits per heavy atom. The standard InChI is InChI=1S/C16H25N3O2/c1-11(2)12(3)18-13(4)15(20)19-16(21)17-10-14-8-6-5-7-9-14/h5-9,11-13,18H,10H2,1-4H3,(H2,17,19,20,21)/t12-,13-/m0/s1. The van der Waals surface area contributed by atoms with Crippen LogP contribution in [0.5, 0.6) is 0 Å². The molecule has 3 N–H and O–H groups in total. The molecule has 0 saturated carbocycles. The summed E-state index contributed by atoms with van der Waals surface area (Å²) in [6.45, 7) is 8.32. The second-order valence-corrected chi connectivity index (χ2v) is 5.58. The van der Waals surface area contributed by atoms with Crippen LogP contribution in [-0.4, -0.2) is 24.0 Å². The van der Waals surface area contributed by atoms with Gasteiger partial charge in [0.1, 0.15) is 0 Å². The molecule has 1 aromatic rings. The van der Waals surface area contributed by atoms with E-state index in [1.165, 1.54) is 0 Å². The number of amides is 3. The second kappa shape index (κ2) is 8.42. The third-order valence-electron chi connectivity index (χ3n) is 3.44. The number of rotatable bonds is 6. The summed E-state index contributed by atoms with van der Waals surface area (Å²) in [5.74, 6) is 0.0974. The first-order valence-electron chi connectivity index (χ1n) is 7.28. The molecular weight excluding hydrogens is 266 g/mol. The summed E-state index contributed by atoms with van der Waals surface area (Å²) in [4.78, 5) is 23.6. The average molecular weight is 291 g/mol. The molecule has 3 amide bonds. The number of carbonyl (C=O) groups is 2. The maximum Gasteiger partial charge on any atom is 0.321 e. The minimum absolute atomic E-state index is 0.207. The lowest BCUT2D eigenvalue weighted by Gasteiger charge is -2.22. The molecule has 0 unspecified atom stereocenters. The molecule has 0 aromatic heterocycles. The molecule has 1 rings (SSSR count). The van der Waals surface area contributed by atoms with E-state index in [1.54, 1.807) is 6.92 Å². The molecule has 5 nitrogen and oxygen atoms in total. The van der Waals surface area contributed by atoms with Crippen LogP contribution in [0.15, 0.2) is 30.3 Å². The van der Waals surface area contributed by atoms with Gasteiger partial charge in [-0.2, -0.15) is 0 Å². The van der Waals surface area contributed by atoms with E-state index in [0.29, 0.717) is 12.5 Å². The summed E-state index contributed by atoms with van der Waals surface area (Å²) in [6, 6.07) is 8.86. The molecule has 21 heavy (non-hydrogen) atoms. The smallest absolute Gasteiger partial charge is 0.321 e. The zero-order valence-corrected chi connectivity index (χ0v) is 13.1. The molecule has 0 spiro atoms. The normalized spacial score (nSPS) is 13.6. The van der Waals surface area contributed by atoms with Gasteiger partial charge in [0.2, 0.25) is 5.91 Å². The Bertz CT molecular complexity index is 460. The number of imide groups is 1. The van der Waals surface area contributed by atoms with Crippen LogP contribution in [0.3, 0.4) is 0 Å². The number of nitrogens with one attached hydrogen (secondary N) is 3. The van der Waals surface area contributed by atoms with E-state index in [2.05, 4.69) is 29.8 Å². The Kier molecular flexibility index (Phi) is 6.88. The number of benzene rings is 1.